The zero-order valence-electron chi connectivity index (χ0n) is 18.7. The highest BCUT2D eigenvalue weighted by atomic mass is 35.5. The molecule has 164 valence electrons. The minimum Gasteiger partial charge on any atom is -0.354 e. The van der Waals surface area contributed by atoms with Crippen molar-refractivity contribution in [2.75, 3.05) is 0 Å². The second-order valence-corrected chi connectivity index (χ2v) is 8.69. The summed E-state index contributed by atoms with van der Waals surface area (Å²) >= 11 is 6.16. The second kappa shape index (κ2) is 9.58. The summed E-state index contributed by atoms with van der Waals surface area (Å²) in [6.07, 6.45) is 4.06. The average Bonchev–Trinajstić information content (AvgIpc) is 3.16. The van der Waals surface area contributed by atoms with Gasteiger partial charge in [0, 0.05) is 29.2 Å². The van der Waals surface area contributed by atoms with Crippen LogP contribution in [-0.2, 0) is 11.2 Å². The van der Waals surface area contributed by atoms with Crippen molar-refractivity contribution in [3.8, 4) is 22.4 Å². The quantitative estimate of drug-likeness (QED) is 0.354. The van der Waals surface area contributed by atoms with Gasteiger partial charge in [-0.05, 0) is 67.6 Å². The molecule has 2 aromatic heterocycles. The number of hydrogen-bond donors (Lipinski definition) is 1. The van der Waals surface area contributed by atoms with Crippen LogP contribution in [0.25, 0.3) is 28.0 Å². The molecule has 0 spiro atoms. The molecule has 0 aliphatic carbocycles. The third-order valence-corrected chi connectivity index (χ3v) is 6.11. The number of fused-ring (bicyclic) bond motifs is 1. The number of hydrogen-bond acceptors (Lipinski definition) is 2. The number of rotatable bonds is 7. The Labute approximate surface area is 194 Å². The molecule has 0 radical (unpaired) electrons. The lowest BCUT2D eigenvalue weighted by molar-refractivity contribution is -0.121. The van der Waals surface area contributed by atoms with Crippen LogP contribution in [0.3, 0.4) is 0 Å². The molecule has 5 heteroatoms. The minimum absolute atomic E-state index is 0.0676. The predicted molar refractivity (Wildman–Crippen MR) is 132 cm³/mol. The second-order valence-electron chi connectivity index (χ2n) is 8.26. The Morgan fingerprint density at radius 3 is 2.59 bits per heavy atom. The standard InChI is InChI=1S/C27H28ClN3O/c1-4-19(3)29-26(32)15-13-24-27(20-8-6-5-7-9-20)30-25-14-10-21(17-31(24)25)23-12-11-22(28)16-18(23)2/h5-12,14,16-17,19H,4,13,15H2,1-3H3,(H,29,32)/t19-/m1/s1. The molecule has 0 fully saturated rings. The molecule has 0 aliphatic heterocycles. The van der Waals surface area contributed by atoms with E-state index in [-0.39, 0.29) is 11.9 Å². The molecule has 0 saturated heterocycles. The molecule has 2 heterocycles. The number of carbonyl (C=O) groups is 1. The summed E-state index contributed by atoms with van der Waals surface area (Å²) in [6, 6.07) is 20.4. The fourth-order valence-electron chi connectivity index (χ4n) is 3.95. The number of nitrogens with one attached hydrogen (secondary N) is 1. The van der Waals surface area contributed by atoms with E-state index in [9.17, 15) is 4.79 Å². The van der Waals surface area contributed by atoms with Crippen molar-refractivity contribution in [3.63, 3.8) is 0 Å². The van der Waals surface area contributed by atoms with Gasteiger partial charge in [-0.2, -0.15) is 0 Å². The van der Waals surface area contributed by atoms with E-state index in [2.05, 4.69) is 48.0 Å². The number of imidazole rings is 1. The van der Waals surface area contributed by atoms with E-state index < -0.39 is 0 Å². The zero-order chi connectivity index (χ0) is 22.7. The first-order chi connectivity index (χ1) is 15.5. The number of halogens is 1. The highest BCUT2D eigenvalue weighted by Crippen LogP contribution is 2.30. The van der Waals surface area contributed by atoms with Gasteiger partial charge in [0.1, 0.15) is 5.65 Å². The zero-order valence-corrected chi connectivity index (χ0v) is 19.5. The van der Waals surface area contributed by atoms with Crippen molar-refractivity contribution in [3.05, 3.63) is 83.1 Å². The Balaban J connectivity index is 1.77. The van der Waals surface area contributed by atoms with Gasteiger partial charge in [0.15, 0.2) is 0 Å². The molecule has 1 N–H and O–H groups in total. The Morgan fingerprint density at radius 1 is 1.09 bits per heavy atom. The summed E-state index contributed by atoms with van der Waals surface area (Å²) in [5, 5.41) is 3.80. The van der Waals surface area contributed by atoms with Gasteiger partial charge in [-0.25, -0.2) is 4.98 Å². The molecule has 32 heavy (non-hydrogen) atoms. The van der Waals surface area contributed by atoms with Crippen LogP contribution in [0.4, 0.5) is 0 Å². The van der Waals surface area contributed by atoms with Gasteiger partial charge in [0.25, 0.3) is 0 Å². The molecular formula is C27H28ClN3O. The van der Waals surface area contributed by atoms with E-state index in [1.54, 1.807) is 0 Å². The topological polar surface area (TPSA) is 46.4 Å². The number of nitrogens with zero attached hydrogens (tertiary/aromatic N) is 2. The monoisotopic (exact) mass is 445 g/mol. The Bertz CT molecular complexity index is 1250. The smallest absolute Gasteiger partial charge is 0.220 e. The van der Waals surface area contributed by atoms with E-state index >= 15 is 0 Å². The van der Waals surface area contributed by atoms with Gasteiger partial charge in [-0.15, -0.1) is 0 Å². The van der Waals surface area contributed by atoms with Crippen LogP contribution in [-0.4, -0.2) is 21.3 Å². The van der Waals surface area contributed by atoms with Gasteiger partial charge >= 0.3 is 0 Å². The van der Waals surface area contributed by atoms with E-state index in [1.165, 1.54) is 0 Å². The van der Waals surface area contributed by atoms with Crippen LogP contribution in [0.2, 0.25) is 5.02 Å². The average molecular weight is 446 g/mol. The van der Waals surface area contributed by atoms with Gasteiger partial charge in [-0.1, -0.05) is 54.9 Å². The van der Waals surface area contributed by atoms with Crippen LogP contribution >= 0.6 is 11.6 Å². The number of aryl methyl sites for hydroxylation is 2. The van der Waals surface area contributed by atoms with Crippen molar-refractivity contribution >= 4 is 23.2 Å². The molecule has 4 rings (SSSR count). The van der Waals surface area contributed by atoms with E-state index in [0.717, 1.165) is 50.7 Å². The van der Waals surface area contributed by atoms with Gasteiger partial charge in [-0.3, -0.25) is 4.79 Å². The van der Waals surface area contributed by atoms with Crippen molar-refractivity contribution in [2.24, 2.45) is 0 Å². The summed E-state index contributed by atoms with van der Waals surface area (Å²) in [7, 11) is 0. The summed E-state index contributed by atoms with van der Waals surface area (Å²) in [5.41, 5.74) is 7.23. The molecule has 2 aromatic carbocycles. The fourth-order valence-corrected chi connectivity index (χ4v) is 4.18. The Hall–Kier alpha value is -3.11. The van der Waals surface area contributed by atoms with Crippen molar-refractivity contribution < 1.29 is 4.79 Å². The van der Waals surface area contributed by atoms with E-state index in [4.69, 9.17) is 16.6 Å². The number of pyridine rings is 1. The number of carbonyl (C=O) groups excluding carboxylic acids is 1. The number of amides is 1. The lowest BCUT2D eigenvalue weighted by Crippen LogP contribution is -2.32. The van der Waals surface area contributed by atoms with Crippen LogP contribution in [0.5, 0.6) is 0 Å². The first kappa shape index (κ1) is 22.1. The molecule has 0 aliphatic rings. The molecule has 0 saturated carbocycles. The first-order valence-corrected chi connectivity index (χ1v) is 11.5. The third-order valence-electron chi connectivity index (χ3n) is 5.87. The summed E-state index contributed by atoms with van der Waals surface area (Å²) in [5.74, 6) is 0.0676. The lowest BCUT2D eigenvalue weighted by atomic mass is 10.0. The van der Waals surface area contributed by atoms with Crippen molar-refractivity contribution in [2.45, 2.75) is 46.1 Å². The third kappa shape index (κ3) is 4.71. The number of benzene rings is 2. The first-order valence-electron chi connectivity index (χ1n) is 11.1. The largest absolute Gasteiger partial charge is 0.354 e. The van der Waals surface area contributed by atoms with E-state index in [1.807, 2.05) is 49.4 Å². The van der Waals surface area contributed by atoms with E-state index in [0.29, 0.717) is 12.8 Å². The summed E-state index contributed by atoms with van der Waals surface area (Å²) in [6.45, 7) is 6.17. The minimum atomic E-state index is 0.0676. The number of aromatic nitrogens is 2. The van der Waals surface area contributed by atoms with Gasteiger partial charge in [0.2, 0.25) is 5.91 Å². The highest BCUT2D eigenvalue weighted by molar-refractivity contribution is 6.30. The van der Waals surface area contributed by atoms with Crippen LogP contribution in [0, 0.1) is 6.92 Å². The van der Waals surface area contributed by atoms with Crippen molar-refractivity contribution in [1.82, 2.24) is 14.7 Å². The summed E-state index contributed by atoms with van der Waals surface area (Å²) < 4.78 is 2.13. The Kier molecular flexibility index (Phi) is 6.61. The molecule has 4 nitrogen and oxygen atoms in total. The molecular weight excluding hydrogens is 418 g/mol. The van der Waals surface area contributed by atoms with Crippen LogP contribution in [0.15, 0.2) is 66.9 Å². The lowest BCUT2D eigenvalue weighted by Gasteiger charge is -2.12. The fraction of sp³-hybridized carbons (Fsp3) is 0.259. The molecule has 1 amide bonds. The normalized spacial score (nSPS) is 12.1. The van der Waals surface area contributed by atoms with Crippen LogP contribution < -0.4 is 5.32 Å². The highest BCUT2D eigenvalue weighted by Gasteiger charge is 2.17. The van der Waals surface area contributed by atoms with Crippen molar-refractivity contribution in [1.29, 1.82) is 0 Å². The predicted octanol–water partition coefficient (Wildman–Crippen LogP) is 6.48. The molecule has 4 aromatic rings. The maximum Gasteiger partial charge on any atom is 0.220 e. The Morgan fingerprint density at radius 2 is 1.88 bits per heavy atom. The molecule has 0 bridgehead atoms. The SMILES string of the molecule is CC[C@@H](C)NC(=O)CCc1c(-c2ccccc2)nc2ccc(-c3ccc(Cl)cc3C)cn12. The molecule has 1 atom stereocenters. The molecule has 0 unspecified atom stereocenters. The summed E-state index contributed by atoms with van der Waals surface area (Å²) in [4.78, 5) is 17.4. The van der Waals surface area contributed by atoms with Gasteiger partial charge < -0.3 is 9.72 Å². The van der Waals surface area contributed by atoms with Crippen LogP contribution in [0.1, 0.15) is 37.9 Å². The maximum atomic E-state index is 12.5. The van der Waals surface area contributed by atoms with Gasteiger partial charge in [0.05, 0.1) is 11.4 Å². The maximum absolute atomic E-state index is 12.5.